The molecule has 0 bridgehead atoms. The fourth-order valence-electron chi connectivity index (χ4n) is 1.18. The number of nitrogens with two attached hydrogens (primary N) is 1. The van der Waals surface area contributed by atoms with Gasteiger partial charge in [-0.1, -0.05) is 20.8 Å². The fourth-order valence-corrected chi connectivity index (χ4v) is 1.18. The SMILES string of the molecule is CN(CC(C)(C)C)C(=O)CNC(=O)CN. The fraction of sp³-hybridized carbons (Fsp3) is 0.800. The van der Waals surface area contributed by atoms with Crippen LogP contribution < -0.4 is 11.1 Å². The Morgan fingerprint density at radius 3 is 2.27 bits per heavy atom. The molecule has 0 aliphatic carbocycles. The summed E-state index contributed by atoms with van der Waals surface area (Å²) in [5, 5.41) is 2.44. The van der Waals surface area contributed by atoms with Crippen molar-refractivity contribution in [1.29, 1.82) is 0 Å². The third-order valence-electron chi connectivity index (χ3n) is 1.76. The van der Waals surface area contributed by atoms with E-state index >= 15 is 0 Å². The molecule has 5 heteroatoms. The summed E-state index contributed by atoms with van der Waals surface area (Å²) >= 11 is 0. The molecule has 0 unspecified atom stereocenters. The van der Waals surface area contributed by atoms with Gasteiger partial charge in [-0.25, -0.2) is 0 Å². The summed E-state index contributed by atoms with van der Waals surface area (Å²) < 4.78 is 0. The Labute approximate surface area is 91.0 Å². The molecule has 0 aromatic heterocycles. The molecule has 0 aromatic carbocycles. The molecule has 5 nitrogen and oxygen atoms in total. The van der Waals surface area contributed by atoms with E-state index in [4.69, 9.17) is 5.73 Å². The lowest BCUT2D eigenvalue weighted by atomic mass is 9.96. The minimum atomic E-state index is -0.312. The zero-order valence-electron chi connectivity index (χ0n) is 9.96. The summed E-state index contributed by atoms with van der Waals surface area (Å²) in [6.45, 7) is 6.74. The number of amides is 2. The lowest BCUT2D eigenvalue weighted by Crippen LogP contribution is -2.42. The van der Waals surface area contributed by atoms with Crippen LogP contribution in [0.5, 0.6) is 0 Å². The molecule has 0 radical (unpaired) electrons. The minimum absolute atomic E-state index is 0.0165. The first-order chi connectivity index (χ1) is 6.76. The third-order valence-corrected chi connectivity index (χ3v) is 1.76. The molecule has 0 rings (SSSR count). The van der Waals surface area contributed by atoms with Crippen LogP contribution in [0, 0.1) is 5.41 Å². The second-order valence-corrected chi connectivity index (χ2v) is 4.79. The lowest BCUT2D eigenvalue weighted by molar-refractivity contribution is -0.132. The van der Waals surface area contributed by atoms with E-state index in [-0.39, 0.29) is 30.3 Å². The van der Waals surface area contributed by atoms with Gasteiger partial charge in [-0.15, -0.1) is 0 Å². The molecule has 0 aromatic rings. The van der Waals surface area contributed by atoms with E-state index in [1.165, 1.54) is 0 Å². The number of nitrogens with zero attached hydrogens (tertiary/aromatic N) is 1. The summed E-state index contributed by atoms with van der Waals surface area (Å²) in [4.78, 5) is 23.9. The molecule has 0 saturated carbocycles. The molecule has 0 heterocycles. The molecule has 0 aliphatic heterocycles. The second-order valence-electron chi connectivity index (χ2n) is 4.79. The van der Waals surface area contributed by atoms with E-state index in [1.807, 2.05) is 0 Å². The largest absolute Gasteiger partial charge is 0.346 e. The van der Waals surface area contributed by atoms with E-state index in [1.54, 1.807) is 11.9 Å². The van der Waals surface area contributed by atoms with Gasteiger partial charge in [-0.2, -0.15) is 0 Å². The predicted molar refractivity (Wildman–Crippen MR) is 59.2 cm³/mol. The zero-order valence-corrected chi connectivity index (χ0v) is 9.96. The maximum Gasteiger partial charge on any atom is 0.241 e. The Kier molecular flexibility index (Phi) is 5.28. The van der Waals surface area contributed by atoms with E-state index in [9.17, 15) is 9.59 Å². The topological polar surface area (TPSA) is 75.4 Å². The van der Waals surface area contributed by atoms with E-state index in [2.05, 4.69) is 26.1 Å². The van der Waals surface area contributed by atoms with Crippen molar-refractivity contribution in [2.75, 3.05) is 26.7 Å². The Balaban J connectivity index is 3.95. The summed E-state index contributed by atoms with van der Waals surface area (Å²) in [6, 6.07) is 0. The van der Waals surface area contributed by atoms with Gasteiger partial charge in [0.15, 0.2) is 0 Å². The number of hydrogen-bond acceptors (Lipinski definition) is 3. The van der Waals surface area contributed by atoms with Crippen molar-refractivity contribution in [1.82, 2.24) is 10.2 Å². The first-order valence-corrected chi connectivity index (χ1v) is 4.97. The van der Waals surface area contributed by atoms with Gasteiger partial charge in [0.1, 0.15) is 0 Å². The number of rotatable bonds is 4. The maximum absolute atomic E-state index is 11.5. The van der Waals surface area contributed by atoms with Crippen LogP contribution in [0.2, 0.25) is 0 Å². The van der Waals surface area contributed by atoms with Crippen molar-refractivity contribution >= 4 is 11.8 Å². The van der Waals surface area contributed by atoms with Crippen molar-refractivity contribution in [2.45, 2.75) is 20.8 Å². The highest BCUT2D eigenvalue weighted by Gasteiger charge is 2.17. The van der Waals surface area contributed by atoms with E-state index in [0.717, 1.165) is 0 Å². The third kappa shape index (κ3) is 6.90. The average Bonchev–Trinajstić information content (AvgIpc) is 2.10. The van der Waals surface area contributed by atoms with Crippen LogP contribution in [0.25, 0.3) is 0 Å². The van der Waals surface area contributed by atoms with Crippen molar-refractivity contribution < 1.29 is 9.59 Å². The Hall–Kier alpha value is -1.10. The van der Waals surface area contributed by atoms with Gasteiger partial charge in [-0.05, 0) is 5.41 Å². The quantitative estimate of drug-likeness (QED) is 0.668. The predicted octanol–water partition coefficient (Wildman–Crippen LogP) is -0.434. The molecule has 15 heavy (non-hydrogen) atoms. The van der Waals surface area contributed by atoms with Gasteiger partial charge in [0.2, 0.25) is 11.8 Å². The maximum atomic E-state index is 11.5. The molecule has 0 aliphatic rings. The number of likely N-dealkylation sites (N-methyl/N-ethyl adjacent to an activating group) is 1. The first-order valence-electron chi connectivity index (χ1n) is 4.97. The van der Waals surface area contributed by atoms with Gasteiger partial charge in [-0.3, -0.25) is 9.59 Å². The molecular formula is C10H21N3O2. The summed E-state index contributed by atoms with van der Waals surface area (Å²) in [5.41, 5.74) is 5.16. The number of carbonyl (C=O) groups is 2. The van der Waals surface area contributed by atoms with Crippen LogP contribution in [-0.4, -0.2) is 43.4 Å². The molecule has 0 spiro atoms. The van der Waals surface area contributed by atoms with E-state index < -0.39 is 0 Å². The Bertz CT molecular complexity index is 233. The molecule has 88 valence electrons. The monoisotopic (exact) mass is 215 g/mol. The van der Waals surface area contributed by atoms with Gasteiger partial charge < -0.3 is 16.0 Å². The summed E-state index contributed by atoms with van der Waals surface area (Å²) in [5.74, 6) is -0.417. The highest BCUT2D eigenvalue weighted by atomic mass is 16.2. The van der Waals surface area contributed by atoms with Gasteiger partial charge in [0, 0.05) is 13.6 Å². The molecule has 2 amide bonds. The van der Waals surface area contributed by atoms with Gasteiger partial charge in [0.25, 0.3) is 0 Å². The Morgan fingerprint density at radius 2 is 1.87 bits per heavy atom. The van der Waals surface area contributed by atoms with Crippen LogP contribution in [0.1, 0.15) is 20.8 Å². The second kappa shape index (κ2) is 5.70. The van der Waals surface area contributed by atoms with Crippen molar-refractivity contribution in [3.63, 3.8) is 0 Å². The smallest absolute Gasteiger partial charge is 0.241 e. The Morgan fingerprint density at radius 1 is 1.33 bits per heavy atom. The molecule has 0 fully saturated rings. The van der Waals surface area contributed by atoms with Crippen LogP contribution in [0.15, 0.2) is 0 Å². The van der Waals surface area contributed by atoms with Crippen LogP contribution in [-0.2, 0) is 9.59 Å². The first kappa shape index (κ1) is 13.9. The van der Waals surface area contributed by atoms with Gasteiger partial charge >= 0.3 is 0 Å². The van der Waals surface area contributed by atoms with Crippen LogP contribution in [0.4, 0.5) is 0 Å². The number of carbonyl (C=O) groups excluding carboxylic acids is 2. The molecule has 0 atom stereocenters. The van der Waals surface area contributed by atoms with Crippen LogP contribution >= 0.6 is 0 Å². The minimum Gasteiger partial charge on any atom is -0.346 e. The molecular weight excluding hydrogens is 194 g/mol. The molecule has 0 saturated heterocycles. The summed E-state index contributed by atoms with van der Waals surface area (Å²) in [7, 11) is 1.72. The average molecular weight is 215 g/mol. The van der Waals surface area contributed by atoms with Crippen molar-refractivity contribution in [3.8, 4) is 0 Å². The number of hydrogen-bond donors (Lipinski definition) is 2. The van der Waals surface area contributed by atoms with E-state index in [0.29, 0.717) is 6.54 Å². The normalized spacial score (nSPS) is 11.0. The highest BCUT2D eigenvalue weighted by Crippen LogP contribution is 2.13. The van der Waals surface area contributed by atoms with Crippen molar-refractivity contribution in [3.05, 3.63) is 0 Å². The number of nitrogens with one attached hydrogen (secondary N) is 1. The molecule has 3 N–H and O–H groups in total. The van der Waals surface area contributed by atoms with Crippen molar-refractivity contribution in [2.24, 2.45) is 11.1 Å². The standard InChI is InChI=1S/C10H21N3O2/c1-10(2,3)7-13(4)9(15)6-12-8(14)5-11/h5-7,11H2,1-4H3,(H,12,14). The lowest BCUT2D eigenvalue weighted by Gasteiger charge is -2.26. The van der Waals surface area contributed by atoms with Crippen LogP contribution in [0.3, 0.4) is 0 Å². The highest BCUT2D eigenvalue weighted by molar-refractivity contribution is 5.85. The summed E-state index contributed by atoms with van der Waals surface area (Å²) in [6.07, 6.45) is 0. The van der Waals surface area contributed by atoms with Gasteiger partial charge in [0.05, 0.1) is 13.1 Å². The zero-order chi connectivity index (χ0) is 12.1.